The number of halogens is 1. The molecule has 0 amide bonds. The molecule has 0 radical (unpaired) electrons. The van der Waals surface area contributed by atoms with Crippen LogP contribution in [0.4, 0.5) is 4.39 Å². The first-order chi connectivity index (χ1) is 8.77. The number of rotatable bonds is 2. The van der Waals surface area contributed by atoms with Crippen molar-refractivity contribution in [1.29, 1.82) is 0 Å². The van der Waals surface area contributed by atoms with Crippen LogP contribution in [0.1, 0.15) is 46.5 Å². The molecule has 0 saturated carbocycles. The molecule has 2 rings (SSSR count). The zero-order valence-corrected chi connectivity index (χ0v) is 10.7. The highest BCUT2D eigenvalue weighted by Gasteiger charge is 2.44. The summed E-state index contributed by atoms with van der Waals surface area (Å²) in [7, 11) is 0. The van der Waals surface area contributed by atoms with E-state index in [2.05, 4.69) is 0 Å². The summed E-state index contributed by atoms with van der Waals surface area (Å²) in [6.45, 7) is 2.50. The van der Waals surface area contributed by atoms with E-state index in [0.29, 0.717) is 12.0 Å². The fourth-order valence-electron chi connectivity index (χ4n) is 2.41. The van der Waals surface area contributed by atoms with Gasteiger partial charge < -0.3 is 5.73 Å². The molecule has 2 N–H and O–H groups in total. The fourth-order valence-corrected chi connectivity index (χ4v) is 2.41. The van der Waals surface area contributed by atoms with Crippen LogP contribution in [0.25, 0.3) is 0 Å². The minimum absolute atomic E-state index is 0.00391. The molecule has 19 heavy (non-hydrogen) atoms. The number of carbonyl (C=O) groups excluding carboxylic acids is 3. The Bertz CT molecular complexity index is 609. The maximum Gasteiger partial charge on any atom is 0.191 e. The molecule has 1 atom stereocenters. The number of aryl methyl sites for hydroxylation is 1. The van der Waals surface area contributed by atoms with Gasteiger partial charge in [0.05, 0.1) is 0 Å². The van der Waals surface area contributed by atoms with Crippen molar-refractivity contribution in [3.05, 3.63) is 34.6 Å². The molecule has 0 aromatic heterocycles. The van der Waals surface area contributed by atoms with E-state index in [-0.39, 0.29) is 17.5 Å². The van der Waals surface area contributed by atoms with Crippen LogP contribution in [0.5, 0.6) is 0 Å². The number of hydrogen-bond acceptors (Lipinski definition) is 4. The quantitative estimate of drug-likeness (QED) is 0.647. The van der Waals surface area contributed by atoms with E-state index in [1.165, 1.54) is 19.9 Å². The van der Waals surface area contributed by atoms with E-state index in [1.54, 1.807) is 0 Å². The minimum Gasteiger partial charge on any atom is -0.312 e. The van der Waals surface area contributed by atoms with Crippen molar-refractivity contribution in [2.45, 2.75) is 32.2 Å². The van der Waals surface area contributed by atoms with Crippen LogP contribution in [0.3, 0.4) is 0 Å². The molecular weight excluding hydrogens is 249 g/mol. The topological polar surface area (TPSA) is 77.2 Å². The van der Waals surface area contributed by atoms with Gasteiger partial charge in [-0.25, -0.2) is 4.39 Å². The molecule has 1 aliphatic rings. The molecule has 0 bridgehead atoms. The molecule has 0 spiro atoms. The van der Waals surface area contributed by atoms with E-state index in [4.69, 9.17) is 5.73 Å². The van der Waals surface area contributed by atoms with Gasteiger partial charge in [-0.05, 0) is 44.4 Å². The second kappa shape index (κ2) is 4.35. The van der Waals surface area contributed by atoms with Gasteiger partial charge in [-0.3, -0.25) is 14.4 Å². The average molecular weight is 263 g/mol. The number of ketones is 3. The Balaban J connectivity index is 2.70. The Morgan fingerprint density at radius 1 is 1.32 bits per heavy atom. The highest BCUT2D eigenvalue weighted by Crippen LogP contribution is 2.31. The Hall–Kier alpha value is -1.88. The molecular formula is C14H14FNO3. The minimum atomic E-state index is -1.60. The van der Waals surface area contributed by atoms with Gasteiger partial charge in [0, 0.05) is 11.1 Å². The van der Waals surface area contributed by atoms with Gasteiger partial charge in [0.2, 0.25) is 0 Å². The van der Waals surface area contributed by atoms with Gasteiger partial charge in [-0.2, -0.15) is 0 Å². The molecule has 0 fully saturated rings. The Morgan fingerprint density at radius 2 is 1.95 bits per heavy atom. The number of benzene rings is 1. The van der Waals surface area contributed by atoms with Crippen molar-refractivity contribution < 1.29 is 18.8 Å². The third-order valence-corrected chi connectivity index (χ3v) is 3.61. The van der Waals surface area contributed by atoms with E-state index in [9.17, 15) is 18.8 Å². The summed E-state index contributed by atoms with van der Waals surface area (Å²) in [5.74, 6) is -2.02. The summed E-state index contributed by atoms with van der Waals surface area (Å²) in [5.41, 5.74) is 4.79. The fraction of sp³-hybridized carbons (Fsp3) is 0.357. The standard InChI is InChI=1S/C14H14FNO3/c1-7(17)11-6-10(15)5-9-3-4-14(16,8(2)18)13(19)12(9)11/h5-6H,3-4,16H2,1-2H3. The summed E-state index contributed by atoms with van der Waals surface area (Å²) in [6, 6.07) is 2.24. The zero-order chi connectivity index (χ0) is 14.4. The first-order valence-corrected chi connectivity index (χ1v) is 5.95. The predicted octanol–water partition coefficient (Wildman–Crippen LogP) is 1.44. The molecule has 4 nitrogen and oxygen atoms in total. The second-order valence-electron chi connectivity index (χ2n) is 4.90. The Labute approximate surface area is 109 Å². The van der Waals surface area contributed by atoms with Gasteiger partial charge in [0.15, 0.2) is 17.3 Å². The van der Waals surface area contributed by atoms with Gasteiger partial charge >= 0.3 is 0 Å². The number of Topliss-reactive ketones (excluding diaryl/α,β-unsaturated/α-hetero) is 3. The first-order valence-electron chi connectivity index (χ1n) is 5.95. The summed E-state index contributed by atoms with van der Waals surface area (Å²) in [4.78, 5) is 35.5. The van der Waals surface area contributed by atoms with Gasteiger partial charge in [-0.1, -0.05) is 0 Å². The van der Waals surface area contributed by atoms with Crippen molar-refractivity contribution in [2.24, 2.45) is 5.73 Å². The number of carbonyl (C=O) groups is 3. The average Bonchev–Trinajstić information content (AvgIpc) is 2.32. The van der Waals surface area contributed by atoms with Crippen molar-refractivity contribution in [1.82, 2.24) is 0 Å². The summed E-state index contributed by atoms with van der Waals surface area (Å²) < 4.78 is 13.4. The maximum absolute atomic E-state index is 13.4. The molecule has 5 heteroatoms. The number of fused-ring (bicyclic) bond motifs is 1. The van der Waals surface area contributed by atoms with Crippen LogP contribution in [-0.4, -0.2) is 22.9 Å². The van der Waals surface area contributed by atoms with Gasteiger partial charge in [0.25, 0.3) is 0 Å². The highest BCUT2D eigenvalue weighted by molar-refractivity contribution is 6.22. The van der Waals surface area contributed by atoms with Crippen LogP contribution in [0, 0.1) is 5.82 Å². The lowest BCUT2D eigenvalue weighted by atomic mass is 9.73. The van der Waals surface area contributed by atoms with Crippen molar-refractivity contribution in [3.63, 3.8) is 0 Å². The summed E-state index contributed by atoms with van der Waals surface area (Å²) in [6.07, 6.45) is 0.435. The predicted molar refractivity (Wildman–Crippen MR) is 66.7 cm³/mol. The van der Waals surface area contributed by atoms with E-state index in [1.807, 2.05) is 0 Å². The normalized spacial score (nSPS) is 22.0. The molecule has 1 unspecified atom stereocenters. The van der Waals surface area contributed by atoms with Crippen molar-refractivity contribution in [3.8, 4) is 0 Å². The number of nitrogens with two attached hydrogens (primary N) is 1. The Kier molecular flexibility index (Phi) is 3.10. The maximum atomic E-state index is 13.4. The largest absolute Gasteiger partial charge is 0.312 e. The summed E-state index contributed by atoms with van der Waals surface area (Å²) >= 11 is 0. The molecule has 1 aromatic carbocycles. The molecule has 1 aromatic rings. The number of hydrogen-bond donors (Lipinski definition) is 1. The van der Waals surface area contributed by atoms with Crippen molar-refractivity contribution >= 4 is 17.3 Å². The zero-order valence-electron chi connectivity index (χ0n) is 10.7. The third-order valence-electron chi connectivity index (χ3n) is 3.61. The van der Waals surface area contributed by atoms with Crippen LogP contribution in [-0.2, 0) is 11.2 Å². The molecule has 0 heterocycles. The van der Waals surface area contributed by atoms with Crippen LogP contribution < -0.4 is 5.73 Å². The van der Waals surface area contributed by atoms with Gasteiger partial charge in [-0.15, -0.1) is 0 Å². The van der Waals surface area contributed by atoms with E-state index < -0.39 is 28.7 Å². The first kappa shape index (κ1) is 13.5. The lowest BCUT2D eigenvalue weighted by Crippen LogP contribution is -2.56. The van der Waals surface area contributed by atoms with Crippen LogP contribution in [0.15, 0.2) is 12.1 Å². The second-order valence-corrected chi connectivity index (χ2v) is 4.90. The molecule has 100 valence electrons. The monoisotopic (exact) mass is 263 g/mol. The molecule has 0 aliphatic heterocycles. The van der Waals surface area contributed by atoms with Crippen LogP contribution >= 0.6 is 0 Å². The van der Waals surface area contributed by atoms with Gasteiger partial charge in [0.1, 0.15) is 11.4 Å². The lowest BCUT2D eigenvalue weighted by molar-refractivity contribution is -0.120. The Morgan fingerprint density at radius 3 is 2.47 bits per heavy atom. The molecule has 0 saturated heterocycles. The lowest BCUT2D eigenvalue weighted by Gasteiger charge is -2.31. The molecule has 1 aliphatic carbocycles. The summed E-state index contributed by atoms with van der Waals surface area (Å²) in [5, 5.41) is 0. The smallest absolute Gasteiger partial charge is 0.191 e. The highest BCUT2D eigenvalue weighted by atomic mass is 19.1. The SMILES string of the molecule is CC(=O)c1cc(F)cc2c1C(=O)C(N)(C(C)=O)CC2. The van der Waals surface area contributed by atoms with E-state index >= 15 is 0 Å². The van der Waals surface area contributed by atoms with Crippen LogP contribution in [0.2, 0.25) is 0 Å². The van der Waals surface area contributed by atoms with Crippen molar-refractivity contribution in [2.75, 3.05) is 0 Å². The van der Waals surface area contributed by atoms with E-state index in [0.717, 1.165) is 6.07 Å². The third kappa shape index (κ3) is 2.00.